The van der Waals surface area contributed by atoms with Gasteiger partial charge in [-0.1, -0.05) is 0 Å². The van der Waals surface area contributed by atoms with Gasteiger partial charge in [0.05, 0.1) is 12.5 Å². The monoisotopic (exact) mass is 276 g/mol. The van der Waals surface area contributed by atoms with Gasteiger partial charge in [0.2, 0.25) is 0 Å². The highest BCUT2D eigenvalue weighted by molar-refractivity contribution is 8.00. The molecule has 1 fully saturated rings. The van der Waals surface area contributed by atoms with Crippen molar-refractivity contribution < 1.29 is 19.4 Å². The molecule has 0 spiro atoms. The zero-order valence-corrected chi connectivity index (χ0v) is 11.3. The molecule has 0 aromatic rings. The number of carbonyl (C=O) groups excluding carboxylic acids is 1. The average molecular weight is 276 g/mol. The minimum atomic E-state index is -0.939. The molecule has 3 N–H and O–H groups in total. The second-order valence-corrected chi connectivity index (χ2v) is 5.59. The molecule has 104 valence electrons. The number of thioether (sulfide) groups is 1. The Morgan fingerprint density at radius 2 is 2.28 bits per heavy atom. The van der Waals surface area contributed by atoms with E-state index in [0.717, 1.165) is 6.42 Å². The van der Waals surface area contributed by atoms with Gasteiger partial charge < -0.3 is 20.5 Å². The van der Waals surface area contributed by atoms with E-state index in [4.69, 9.17) is 9.84 Å². The molecule has 2 unspecified atom stereocenters. The Hall–Kier alpha value is -0.950. The third-order valence-electron chi connectivity index (χ3n) is 2.74. The van der Waals surface area contributed by atoms with E-state index in [2.05, 4.69) is 10.6 Å². The largest absolute Gasteiger partial charge is 0.481 e. The van der Waals surface area contributed by atoms with Crippen molar-refractivity contribution >= 4 is 23.8 Å². The van der Waals surface area contributed by atoms with Crippen LogP contribution in [0.25, 0.3) is 0 Å². The highest BCUT2D eigenvalue weighted by atomic mass is 32.2. The van der Waals surface area contributed by atoms with Crippen molar-refractivity contribution in [2.24, 2.45) is 0 Å². The number of methoxy groups -OCH3 is 1. The van der Waals surface area contributed by atoms with Crippen LogP contribution in [0.3, 0.4) is 0 Å². The summed E-state index contributed by atoms with van der Waals surface area (Å²) in [5.41, 5.74) is 0. The Morgan fingerprint density at radius 3 is 2.83 bits per heavy atom. The SMILES string of the molecule is COC(CNC(=O)NCC1CCCS1)CC(=O)O. The molecule has 1 aliphatic rings. The van der Waals surface area contributed by atoms with E-state index in [1.807, 2.05) is 11.8 Å². The average Bonchev–Trinajstić information content (AvgIpc) is 2.84. The number of amides is 2. The summed E-state index contributed by atoms with van der Waals surface area (Å²) in [7, 11) is 1.43. The first-order valence-corrected chi connectivity index (χ1v) is 7.04. The van der Waals surface area contributed by atoms with Gasteiger partial charge in [0, 0.05) is 25.4 Å². The number of carboxylic acid groups (broad SMARTS) is 1. The summed E-state index contributed by atoms with van der Waals surface area (Å²) in [5.74, 6) is 0.227. The summed E-state index contributed by atoms with van der Waals surface area (Å²) in [6.45, 7) is 0.861. The first-order valence-electron chi connectivity index (χ1n) is 5.99. The molecular formula is C11H20N2O4S. The molecule has 2 amide bonds. The van der Waals surface area contributed by atoms with E-state index in [-0.39, 0.29) is 19.0 Å². The zero-order chi connectivity index (χ0) is 13.4. The van der Waals surface area contributed by atoms with Gasteiger partial charge in [0.1, 0.15) is 0 Å². The van der Waals surface area contributed by atoms with Crippen LogP contribution in [0, 0.1) is 0 Å². The van der Waals surface area contributed by atoms with Crippen LogP contribution in [0.4, 0.5) is 4.79 Å². The number of ether oxygens (including phenoxy) is 1. The highest BCUT2D eigenvalue weighted by Gasteiger charge is 2.17. The second-order valence-electron chi connectivity index (χ2n) is 4.18. The highest BCUT2D eigenvalue weighted by Crippen LogP contribution is 2.25. The molecule has 0 radical (unpaired) electrons. The number of aliphatic carboxylic acids is 1. The molecule has 1 heterocycles. The molecule has 2 atom stereocenters. The minimum absolute atomic E-state index is 0.116. The molecule has 6 nitrogen and oxygen atoms in total. The maximum Gasteiger partial charge on any atom is 0.314 e. The van der Waals surface area contributed by atoms with E-state index in [9.17, 15) is 9.59 Å². The third kappa shape index (κ3) is 6.11. The Bertz CT molecular complexity index is 282. The van der Waals surface area contributed by atoms with Gasteiger partial charge in [-0.3, -0.25) is 4.79 Å². The lowest BCUT2D eigenvalue weighted by molar-refractivity contribution is -0.139. The smallest absolute Gasteiger partial charge is 0.314 e. The van der Waals surface area contributed by atoms with E-state index in [0.29, 0.717) is 11.8 Å². The van der Waals surface area contributed by atoms with Crippen LogP contribution >= 0.6 is 11.8 Å². The summed E-state index contributed by atoms with van der Waals surface area (Å²) < 4.78 is 4.96. The third-order valence-corrected chi connectivity index (χ3v) is 4.14. The molecule has 0 bridgehead atoms. The van der Waals surface area contributed by atoms with Crippen molar-refractivity contribution in [3.8, 4) is 0 Å². The topological polar surface area (TPSA) is 87.7 Å². The Balaban J connectivity index is 2.12. The molecule has 0 aromatic carbocycles. The number of hydrogen-bond donors (Lipinski definition) is 3. The van der Waals surface area contributed by atoms with Crippen LogP contribution in [0.15, 0.2) is 0 Å². The second kappa shape index (κ2) is 8.20. The van der Waals surface area contributed by atoms with E-state index >= 15 is 0 Å². The van der Waals surface area contributed by atoms with Crippen LogP contribution < -0.4 is 10.6 Å². The fourth-order valence-corrected chi connectivity index (χ4v) is 2.92. The normalized spacial score (nSPS) is 20.4. The predicted molar refractivity (Wildman–Crippen MR) is 69.9 cm³/mol. The molecule has 0 aliphatic carbocycles. The molecule has 1 rings (SSSR count). The van der Waals surface area contributed by atoms with Gasteiger partial charge in [0.25, 0.3) is 0 Å². The van der Waals surface area contributed by atoms with Crippen molar-refractivity contribution in [1.29, 1.82) is 0 Å². The van der Waals surface area contributed by atoms with Gasteiger partial charge in [-0.25, -0.2) is 4.79 Å². The summed E-state index contributed by atoms with van der Waals surface area (Å²) in [4.78, 5) is 22.0. The lowest BCUT2D eigenvalue weighted by Crippen LogP contribution is -2.42. The Labute approximate surface area is 111 Å². The lowest BCUT2D eigenvalue weighted by atomic mass is 10.2. The molecule has 7 heteroatoms. The van der Waals surface area contributed by atoms with E-state index < -0.39 is 12.1 Å². The number of rotatable bonds is 7. The Morgan fingerprint density at radius 1 is 1.50 bits per heavy atom. The van der Waals surface area contributed by atoms with Gasteiger partial charge >= 0.3 is 12.0 Å². The summed E-state index contributed by atoms with van der Waals surface area (Å²) in [6.07, 6.45) is 1.75. The van der Waals surface area contributed by atoms with Gasteiger partial charge in [-0.15, -0.1) is 0 Å². The van der Waals surface area contributed by atoms with Crippen LogP contribution in [0.2, 0.25) is 0 Å². The zero-order valence-electron chi connectivity index (χ0n) is 10.5. The van der Waals surface area contributed by atoms with E-state index in [1.165, 1.54) is 19.3 Å². The first-order chi connectivity index (χ1) is 8.61. The summed E-state index contributed by atoms with van der Waals surface area (Å²) >= 11 is 1.88. The van der Waals surface area contributed by atoms with E-state index in [1.54, 1.807) is 0 Å². The van der Waals surface area contributed by atoms with Crippen molar-refractivity contribution in [3.05, 3.63) is 0 Å². The maximum atomic E-state index is 11.5. The van der Waals surface area contributed by atoms with Gasteiger partial charge in [-0.2, -0.15) is 11.8 Å². The molecule has 1 saturated heterocycles. The number of nitrogens with one attached hydrogen (secondary N) is 2. The van der Waals surface area contributed by atoms with Crippen molar-refractivity contribution in [1.82, 2.24) is 10.6 Å². The van der Waals surface area contributed by atoms with Crippen LogP contribution in [-0.2, 0) is 9.53 Å². The predicted octanol–water partition coefficient (Wildman–Crippen LogP) is 0.671. The first kappa shape index (κ1) is 15.1. The number of carbonyl (C=O) groups is 2. The van der Waals surface area contributed by atoms with Crippen molar-refractivity contribution in [2.75, 3.05) is 26.0 Å². The lowest BCUT2D eigenvalue weighted by Gasteiger charge is -2.15. The van der Waals surface area contributed by atoms with Gasteiger partial charge in [-0.05, 0) is 18.6 Å². The summed E-state index contributed by atoms with van der Waals surface area (Å²) in [6, 6.07) is -0.269. The fraction of sp³-hybridized carbons (Fsp3) is 0.818. The maximum absolute atomic E-state index is 11.5. The fourth-order valence-electron chi connectivity index (χ4n) is 1.71. The molecular weight excluding hydrogens is 256 g/mol. The summed E-state index contributed by atoms with van der Waals surface area (Å²) in [5, 5.41) is 14.5. The van der Waals surface area contributed by atoms with Gasteiger partial charge in [0.15, 0.2) is 0 Å². The van der Waals surface area contributed by atoms with Crippen LogP contribution in [0.5, 0.6) is 0 Å². The van der Waals surface area contributed by atoms with Crippen LogP contribution in [0.1, 0.15) is 19.3 Å². The quantitative estimate of drug-likeness (QED) is 0.636. The molecule has 18 heavy (non-hydrogen) atoms. The van der Waals surface area contributed by atoms with Crippen molar-refractivity contribution in [2.45, 2.75) is 30.6 Å². The number of carboxylic acids is 1. The molecule has 1 aliphatic heterocycles. The minimum Gasteiger partial charge on any atom is -0.481 e. The number of hydrogen-bond acceptors (Lipinski definition) is 4. The standard InChI is InChI=1S/C11H20N2O4S/c1-17-8(5-10(14)15)6-12-11(16)13-7-9-3-2-4-18-9/h8-9H,2-7H2,1H3,(H,14,15)(H2,12,13,16). The Kier molecular flexibility index (Phi) is 6.89. The molecule has 0 saturated carbocycles. The molecule has 0 aromatic heterocycles. The van der Waals surface area contributed by atoms with Crippen molar-refractivity contribution in [3.63, 3.8) is 0 Å². The number of urea groups is 1. The van der Waals surface area contributed by atoms with Crippen LogP contribution in [-0.4, -0.2) is 54.4 Å².